The van der Waals surface area contributed by atoms with E-state index >= 15 is 0 Å². The molecule has 0 amide bonds. The Morgan fingerprint density at radius 3 is 2.87 bits per heavy atom. The lowest BCUT2D eigenvalue weighted by Gasteiger charge is -2.16. The molecule has 0 saturated heterocycles. The van der Waals surface area contributed by atoms with Crippen molar-refractivity contribution in [1.82, 2.24) is 14.6 Å². The largest absolute Gasteiger partial charge is 0.326 e. The van der Waals surface area contributed by atoms with Gasteiger partial charge in [-0.25, -0.2) is 9.50 Å². The molecule has 2 aromatic rings. The lowest BCUT2D eigenvalue weighted by molar-refractivity contribution is 0.471. The monoisotopic (exact) mass is 204 g/mol. The summed E-state index contributed by atoms with van der Waals surface area (Å²) in [7, 11) is 0. The van der Waals surface area contributed by atoms with Crippen molar-refractivity contribution in [3.63, 3.8) is 0 Å². The van der Waals surface area contributed by atoms with E-state index in [4.69, 9.17) is 5.73 Å². The molecule has 2 rings (SSSR count). The molecule has 80 valence electrons. The van der Waals surface area contributed by atoms with Gasteiger partial charge in [0.1, 0.15) is 0 Å². The molecule has 0 aliphatic heterocycles. The Morgan fingerprint density at radius 1 is 1.40 bits per heavy atom. The van der Waals surface area contributed by atoms with Gasteiger partial charge < -0.3 is 5.73 Å². The van der Waals surface area contributed by atoms with Crippen molar-refractivity contribution >= 4 is 5.65 Å². The highest BCUT2D eigenvalue weighted by molar-refractivity contribution is 5.36. The first-order chi connectivity index (χ1) is 7.04. The lowest BCUT2D eigenvalue weighted by Crippen LogP contribution is -2.32. The van der Waals surface area contributed by atoms with Crippen molar-refractivity contribution in [2.24, 2.45) is 5.73 Å². The molecule has 0 aliphatic rings. The highest BCUT2D eigenvalue weighted by atomic mass is 15.3. The fraction of sp³-hybridized carbons (Fsp3) is 0.455. The standard InChI is InChI=1S/C11H16N4/c1-11(2,12)7-6-9-13-10-5-3-4-8-15(10)14-9/h3-5,8H,6-7,12H2,1-2H3. The van der Waals surface area contributed by atoms with Crippen LogP contribution >= 0.6 is 0 Å². The molecular formula is C11H16N4. The molecule has 15 heavy (non-hydrogen) atoms. The summed E-state index contributed by atoms with van der Waals surface area (Å²) in [6.45, 7) is 4.03. The van der Waals surface area contributed by atoms with E-state index in [2.05, 4.69) is 10.1 Å². The summed E-state index contributed by atoms with van der Waals surface area (Å²) in [5.74, 6) is 0.861. The van der Waals surface area contributed by atoms with Crippen LogP contribution in [0, 0.1) is 0 Å². The van der Waals surface area contributed by atoms with E-state index < -0.39 is 0 Å². The molecule has 0 saturated carbocycles. The Hall–Kier alpha value is -1.42. The fourth-order valence-electron chi connectivity index (χ4n) is 1.42. The van der Waals surface area contributed by atoms with Gasteiger partial charge in [-0.1, -0.05) is 6.07 Å². The zero-order valence-electron chi connectivity index (χ0n) is 9.14. The van der Waals surface area contributed by atoms with Gasteiger partial charge >= 0.3 is 0 Å². The number of pyridine rings is 1. The summed E-state index contributed by atoms with van der Waals surface area (Å²) in [5.41, 5.74) is 6.65. The highest BCUT2D eigenvalue weighted by Gasteiger charge is 2.12. The average molecular weight is 204 g/mol. The molecule has 2 aromatic heterocycles. The van der Waals surface area contributed by atoms with Gasteiger partial charge in [0.15, 0.2) is 11.5 Å². The van der Waals surface area contributed by atoms with Crippen molar-refractivity contribution in [3.8, 4) is 0 Å². The summed E-state index contributed by atoms with van der Waals surface area (Å²) < 4.78 is 1.79. The summed E-state index contributed by atoms with van der Waals surface area (Å²) in [5, 5.41) is 4.37. The molecule has 0 fully saturated rings. The van der Waals surface area contributed by atoms with Crippen LogP contribution in [0.3, 0.4) is 0 Å². The van der Waals surface area contributed by atoms with E-state index in [0.717, 1.165) is 24.3 Å². The van der Waals surface area contributed by atoms with E-state index in [1.807, 2.05) is 38.2 Å². The first-order valence-corrected chi connectivity index (χ1v) is 5.14. The molecule has 0 unspecified atom stereocenters. The second-order valence-electron chi connectivity index (χ2n) is 4.52. The number of rotatable bonds is 3. The van der Waals surface area contributed by atoms with E-state index in [1.54, 1.807) is 4.52 Å². The molecule has 0 aliphatic carbocycles. The van der Waals surface area contributed by atoms with Crippen LogP contribution in [-0.2, 0) is 6.42 Å². The molecule has 0 bridgehead atoms. The third kappa shape index (κ3) is 2.53. The van der Waals surface area contributed by atoms with Crippen molar-refractivity contribution in [3.05, 3.63) is 30.2 Å². The highest BCUT2D eigenvalue weighted by Crippen LogP contribution is 2.09. The van der Waals surface area contributed by atoms with Crippen LogP contribution in [0.5, 0.6) is 0 Å². The number of nitrogens with two attached hydrogens (primary N) is 1. The van der Waals surface area contributed by atoms with E-state index in [0.29, 0.717) is 0 Å². The molecule has 0 spiro atoms. The molecular weight excluding hydrogens is 188 g/mol. The average Bonchev–Trinajstić information content (AvgIpc) is 2.56. The Bertz CT molecular complexity index is 420. The van der Waals surface area contributed by atoms with Crippen LogP contribution in [-0.4, -0.2) is 20.1 Å². The van der Waals surface area contributed by atoms with Gasteiger partial charge in [0.05, 0.1) is 0 Å². The van der Waals surface area contributed by atoms with Crippen molar-refractivity contribution in [2.45, 2.75) is 32.2 Å². The topological polar surface area (TPSA) is 56.2 Å². The minimum absolute atomic E-state index is 0.155. The van der Waals surface area contributed by atoms with Gasteiger partial charge in [-0.2, -0.15) is 5.10 Å². The zero-order valence-corrected chi connectivity index (χ0v) is 9.14. The van der Waals surface area contributed by atoms with Gasteiger partial charge in [0, 0.05) is 18.2 Å². The number of fused-ring (bicyclic) bond motifs is 1. The van der Waals surface area contributed by atoms with Crippen LogP contribution in [0.1, 0.15) is 26.1 Å². The first-order valence-electron chi connectivity index (χ1n) is 5.14. The van der Waals surface area contributed by atoms with Crippen LogP contribution in [0.15, 0.2) is 24.4 Å². The summed E-state index contributed by atoms with van der Waals surface area (Å²) >= 11 is 0. The molecule has 2 N–H and O–H groups in total. The smallest absolute Gasteiger partial charge is 0.155 e. The number of hydrogen-bond acceptors (Lipinski definition) is 3. The summed E-state index contributed by atoms with van der Waals surface area (Å²) in [6.07, 6.45) is 3.62. The fourth-order valence-corrected chi connectivity index (χ4v) is 1.42. The minimum atomic E-state index is -0.155. The van der Waals surface area contributed by atoms with Crippen LogP contribution in [0.25, 0.3) is 5.65 Å². The van der Waals surface area contributed by atoms with Gasteiger partial charge in [0.2, 0.25) is 0 Å². The molecule has 2 heterocycles. The third-order valence-corrected chi connectivity index (χ3v) is 2.28. The van der Waals surface area contributed by atoms with Gasteiger partial charge in [-0.3, -0.25) is 0 Å². The molecule has 0 aromatic carbocycles. The maximum atomic E-state index is 5.92. The predicted molar refractivity (Wildman–Crippen MR) is 59.6 cm³/mol. The molecule has 4 heteroatoms. The second-order valence-corrected chi connectivity index (χ2v) is 4.52. The van der Waals surface area contributed by atoms with Crippen molar-refractivity contribution in [1.29, 1.82) is 0 Å². The van der Waals surface area contributed by atoms with Crippen LogP contribution < -0.4 is 5.73 Å². The van der Waals surface area contributed by atoms with Crippen molar-refractivity contribution in [2.75, 3.05) is 0 Å². The quantitative estimate of drug-likeness (QED) is 0.822. The van der Waals surface area contributed by atoms with Crippen LogP contribution in [0.2, 0.25) is 0 Å². The maximum Gasteiger partial charge on any atom is 0.155 e. The number of nitrogens with zero attached hydrogens (tertiary/aromatic N) is 3. The van der Waals surface area contributed by atoms with Crippen molar-refractivity contribution < 1.29 is 0 Å². The normalized spacial score (nSPS) is 12.2. The summed E-state index contributed by atoms with van der Waals surface area (Å²) in [4.78, 5) is 4.41. The third-order valence-electron chi connectivity index (χ3n) is 2.28. The number of aromatic nitrogens is 3. The number of aryl methyl sites for hydroxylation is 1. The van der Waals surface area contributed by atoms with Gasteiger partial charge in [0.25, 0.3) is 0 Å². The lowest BCUT2D eigenvalue weighted by atomic mass is 10.0. The minimum Gasteiger partial charge on any atom is -0.326 e. The Labute approximate surface area is 89.1 Å². The predicted octanol–water partition coefficient (Wildman–Crippen LogP) is 1.40. The number of hydrogen-bond donors (Lipinski definition) is 1. The second kappa shape index (κ2) is 3.62. The summed E-state index contributed by atoms with van der Waals surface area (Å²) in [6, 6.07) is 5.85. The maximum absolute atomic E-state index is 5.92. The van der Waals surface area contributed by atoms with Gasteiger partial charge in [-0.15, -0.1) is 0 Å². The van der Waals surface area contributed by atoms with E-state index in [9.17, 15) is 0 Å². The Kier molecular flexibility index (Phi) is 2.44. The van der Waals surface area contributed by atoms with Gasteiger partial charge in [-0.05, 0) is 32.4 Å². The molecule has 0 radical (unpaired) electrons. The van der Waals surface area contributed by atoms with E-state index in [1.165, 1.54) is 0 Å². The van der Waals surface area contributed by atoms with Crippen LogP contribution in [0.4, 0.5) is 0 Å². The first kappa shape index (κ1) is 10.1. The Balaban J connectivity index is 2.16. The molecule has 4 nitrogen and oxygen atoms in total. The zero-order chi connectivity index (χ0) is 10.9. The SMILES string of the molecule is CC(C)(N)CCc1nc2ccccn2n1. The van der Waals surface area contributed by atoms with E-state index in [-0.39, 0.29) is 5.54 Å². The Morgan fingerprint density at radius 2 is 2.20 bits per heavy atom. The molecule has 0 atom stereocenters.